The van der Waals surface area contributed by atoms with Crippen LogP contribution in [0.25, 0.3) is 17.0 Å². The molecular weight excluding hydrogens is 380 g/mol. The minimum absolute atomic E-state index is 0.196. The van der Waals surface area contributed by atoms with Gasteiger partial charge in [0.05, 0.1) is 0 Å². The zero-order valence-electron chi connectivity index (χ0n) is 17.7. The molecule has 0 aliphatic carbocycles. The Labute approximate surface area is 184 Å². The molecule has 4 aromatic rings. The standard InChI is InChI=1S/C28H28N2O/c31-28(18-17-24-12-5-2-6-13-24)30(20-9-14-23-10-3-1-4-11-23)21-19-25-22-29-27-16-8-7-15-26(25)27/h1-16,22,29H,17-21H2/b14-9+. The minimum atomic E-state index is 0.196. The van der Waals surface area contributed by atoms with Crippen molar-refractivity contribution in [2.75, 3.05) is 13.1 Å². The van der Waals surface area contributed by atoms with Crippen LogP contribution in [0.15, 0.2) is 97.2 Å². The topological polar surface area (TPSA) is 36.1 Å². The molecule has 3 aromatic carbocycles. The van der Waals surface area contributed by atoms with Gasteiger partial charge in [0.25, 0.3) is 0 Å². The number of nitrogens with one attached hydrogen (secondary N) is 1. The monoisotopic (exact) mass is 408 g/mol. The van der Waals surface area contributed by atoms with E-state index >= 15 is 0 Å². The lowest BCUT2D eigenvalue weighted by Gasteiger charge is -2.21. The molecule has 0 bridgehead atoms. The summed E-state index contributed by atoms with van der Waals surface area (Å²) in [6, 6.07) is 28.8. The van der Waals surface area contributed by atoms with E-state index in [0.717, 1.165) is 23.9 Å². The van der Waals surface area contributed by atoms with Crippen LogP contribution in [0, 0.1) is 0 Å². The first-order valence-electron chi connectivity index (χ1n) is 10.9. The zero-order chi connectivity index (χ0) is 21.3. The average molecular weight is 409 g/mol. The van der Waals surface area contributed by atoms with E-state index in [0.29, 0.717) is 19.5 Å². The second-order valence-electron chi connectivity index (χ2n) is 7.75. The molecule has 3 nitrogen and oxygen atoms in total. The molecule has 1 heterocycles. The second kappa shape index (κ2) is 10.4. The summed E-state index contributed by atoms with van der Waals surface area (Å²) in [6.07, 6.45) is 8.37. The number of carbonyl (C=O) groups is 1. The van der Waals surface area contributed by atoms with Crippen molar-refractivity contribution in [1.82, 2.24) is 9.88 Å². The molecule has 1 amide bonds. The Bertz CT molecular complexity index is 1130. The van der Waals surface area contributed by atoms with Crippen molar-refractivity contribution in [3.63, 3.8) is 0 Å². The van der Waals surface area contributed by atoms with Gasteiger partial charge in [-0.25, -0.2) is 0 Å². The third kappa shape index (κ3) is 5.73. The maximum Gasteiger partial charge on any atom is 0.223 e. The Morgan fingerprint density at radius 1 is 0.839 bits per heavy atom. The van der Waals surface area contributed by atoms with E-state index in [1.807, 2.05) is 47.4 Å². The molecular formula is C28H28N2O. The van der Waals surface area contributed by atoms with E-state index in [9.17, 15) is 4.79 Å². The third-order valence-corrected chi connectivity index (χ3v) is 5.58. The average Bonchev–Trinajstić information content (AvgIpc) is 3.24. The van der Waals surface area contributed by atoms with Gasteiger partial charge < -0.3 is 9.88 Å². The first kappa shape index (κ1) is 20.7. The van der Waals surface area contributed by atoms with Gasteiger partial charge in [-0.15, -0.1) is 0 Å². The van der Waals surface area contributed by atoms with E-state index in [1.54, 1.807) is 0 Å². The summed E-state index contributed by atoms with van der Waals surface area (Å²) in [5.41, 5.74) is 4.75. The lowest BCUT2D eigenvalue weighted by atomic mass is 10.1. The summed E-state index contributed by atoms with van der Waals surface area (Å²) in [5, 5.41) is 1.24. The highest BCUT2D eigenvalue weighted by Crippen LogP contribution is 2.18. The molecule has 4 rings (SSSR count). The van der Waals surface area contributed by atoms with Crippen molar-refractivity contribution >= 4 is 22.9 Å². The van der Waals surface area contributed by atoms with Crippen LogP contribution in [0.5, 0.6) is 0 Å². The van der Waals surface area contributed by atoms with Crippen molar-refractivity contribution in [3.8, 4) is 0 Å². The number of aryl methyl sites for hydroxylation is 1. The molecule has 0 fully saturated rings. The van der Waals surface area contributed by atoms with Crippen LogP contribution in [0.4, 0.5) is 0 Å². The summed E-state index contributed by atoms with van der Waals surface area (Å²) in [5.74, 6) is 0.196. The van der Waals surface area contributed by atoms with Gasteiger partial charge in [-0.3, -0.25) is 4.79 Å². The van der Waals surface area contributed by atoms with Crippen molar-refractivity contribution in [2.45, 2.75) is 19.3 Å². The van der Waals surface area contributed by atoms with Gasteiger partial charge in [0, 0.05) is 36.6 Å². The van der Waals surface area contributed by atoms with Crippen LogP contribution in [0.2, 0.25) is 0 Å². The first-order chi connectivity index (χ1) is 15.3. The minimum Gasteiger partial charge on any atom is -0.361 e. The summed E-state index contributed by atoms with van der Waals surface area (Å²) >= 11 is 0. The molecule has 1 N–H and O–H groups in total. The quantitative estimate of drug-likeness (QED) is 0.368. The van der Waals surface area contributed by atoms with Crippen LogP contribution in [0.3, 0.4) is 0 Å². The maximum absolute atomic E-state index is 13.1. The SMILES string of the molecule is O=C(CCc1ccccc1)N(C/C=C/c1ccccc1)CCc1c[nH]c2ccccc12. The highest BCUT2D eigenvalue weighted by Gasteiger charge is 2.13. The van der Waals surface area contributed by atoms with Crippen LogP contribution < -0.4 is 0 Å². The molecule has 0 saturated carbocycles. The Kier molecular flexibility index (Phi) is 6.96. The number of H-pyrrole nitrogens is 1. The van der Waals surface area contributed by atoms with Gasteiger partial charge >= 0.3 is 0 Å². The van der Waals surface area contributed by atoms with Gasteiger partial charge in [-0.2, -0.15) is 0 Å². The Hall–Kier alpha value is -3.59. The van der Waals surface area contributed by atoms with Gasteiger partial charge in [-0.05, 0) is 35.6 Å². The van der Waals surface area contributed by atoms with E-state index in [4.69, 9.17) is 0 Å². The summed E-state index contributed by atoms with van der Waals surface area (Å²) in [4.78, 5) is 18.4. The van der Waals surface area contributed by atoms with Gasteiger partial charge in [-0.1, -0.05) is 91.0 Å². The number of aromatic amines is 1. The molecule has 0 radical (unpaired) electrons. The van der Waals surface area contributed by atoms with E-state index in [2.05, 4.69) is 65.8 Å². The second-order valence-corrected chi connectivity index (χ2v) is 7.75. The number of fused-ring (bicyclic) bond motifs is 1. The summed E-state index contributed by atoms with van der Waals surface area (Å²) < 4.78 is 0. The number of amides is 1. The Morgan fingerprint density at radius 2 is 1.55 bits per heavy atom. The molecule has 0 atom stereocenters. The predicted octanol–water partition coefficient (Wildman–Crippen LogP) is 5.89. The Morgan fingerprint density at radius 3 is 2.35 bits per heavy atom. The number of carbonyl (C=O) groups excluding carboxylic acids is 1. The van der Waals surface area contributed by atoms with Crippen LogP contribution in [-0.2, 0) is 17.6 Å². The third-order valence-electron chi connectivity index (χ3n) is 5.58. The fraction of sp³-hybridized carbons (Fsp3) is 0.179. The molecule has 0 unspecified atom stereocenters. The lowest BCUT2D eigenvalue weighted by molar-refractivity contribution is -0.130. The van der Waals surface area contributed by atoms with Crippen molar-refractivity contribution < 1.29 is 4.79 Å². The van der Waals surface area contributed by atoms with Gasteiger partial charge in [0.1, 0.15) is 0 Å². The first-order valence-corrected chi connectivity index (χ1v) is 10.9. The van der Waals surface area contributed by atoms with Crippen LogP contribution >= 0.6 is 0 Å². The number of hydrogen-bond donors (Lipinski definition) is 1. The zero-order valence-corrected chi connectivity index (χ0v) is 17.7. The fourth-order valence-electron chi connectivity index (χ4n) is 3.85. The van der Waals surface area contributed by atoms with Crippen LogP contribution in [-0.4, -0.2) is 28.9 Å². The molecule has 3 heteroatoms. The number of hydrogen-bond acceptors (Lipinski definition) is 1. The van der Waals surface area contributed by atoms with E-state index in [1.165, 1.54) is 16.5 Å². The number of benzene rings is 3. The molecule has 0 aliphatic heterocycles. The van der Waals surface area contributed by atoms with Crippen LogP contribution in [0.1, 0.15) is 23.1 Å². The molecule has 0 spiro atoms. The normalized spacial score (nSPS) is 11.2. The van der Waals surface area contributed by atoms with E-state index in [-0.39, 0.29) is 5.91 Å². The Balaban J connectivity index is 1.43. The molecule has 31 heavy (non-hydrogen) atoms. The lowest BCUT2D eigenvalue weighted by Crippen LogP contribution is -2.33. The highest BCUT2D eigenvalue weighted by atomic mass is 16.2. The molecule has 0 aliphatic rings. The van der Waals surface area contributed by atoms with E-state index < -0.39 is 0 Å². The number of nitrogens with zero attached hydrogens (tertiary/aromatic N) is 1. The van der Waals surface area contributed by atoms with Crippen molar-refractivity contribution in [2.24, 2.45) is 0 Å². The maximum atomic E-state index is 13.1. The molecule has 1 aromatic heterocycles. The highest BCUT2D eigenvalue weighted by molar-refractivity contribution is 5.83. The number of rotatable bonds is 9. The van der Waals surface area contributed by atoms with Gasteiger partial charge in [0.2, 0.25) is 5.91 Å². The number of aromatic nitrogens is 1. The fourth-order valence-corrected chi connectivity index (χ4v) is 3.85. The van der Waals surface area contributed by atoms with Gasteiger partial charge in [0.15, 0.2) is 0 Å². The molecule has 156 valence electrons. The largest absolute Gasteiger partial charge is 0.361 e. The predicted molar refractivity (Wildman–Crippen MR) is 129 cm³/mol. The number of para-hydroxylation sites is 1. The van der Waals surface area contributed by atoms with Crippen molar-refractivity contribution in [1.29, 1.82) is 0 Å². The summed E-state index contributed by atoms with van der Waals surface area (Å²) in [6.45, 7) is 1.32. The van der Waals surface area contributed by atoms with Crippen molar-refractivity contribution in [3.05, 3.63) is 114 Å². The smallest absolute Gasteiger partial charge is 0.223 e. The summed E-state index contributed by atoms with van der Waals surface area (Å²) in [7, 11) is 0. The molecule has 0 saturated heterocycles.